The zero-order valence-electron chi connectivity index (χ0n) is 14.8. The van der Waals surface area contributed by atoms with Gasteiger partial charge < -0.3 is 4.57 Å². The molecule has 142 valence electrons. The molecule has 0 N–H and O–H groups in total. The lowest BCUT2D eigenvalue weighted by Gasteiger charge is -2.03. The molecule has 0 spiro atoms. The van der Waals surface area contributed by atoms with E-state index in [0.29, 0.717) is 9.82 Å². The average molecular weight is 423 g/mol. The molecule has 3 aromatic rings. The van der Waals surface area contributed by atoms with Crippen molar-refractivity contribution in [2.45, 2.75) is 31.2 Å². The number of sulfone groups is 1. The van der Waals surface area contributed by atoms with Gasteiger partial charge in [0.1, 0.15) is 0 Å². The first-order valence-electron chi connectivity index (χ1n) is 8.55. The SMILES string of the molecule is CCCn1c(=NC(=O)CCS(=O)(=O)c2ccc(Cl)cc2)sc2ccccc21. The summed E-state index contributed by atoms with van der Waals surface area (Å²) in [5.41, 5.74) is 1.03. The lowest BCUT2D eigenvalue weighted by atomic mass is 10.3. The number of para-hydroxylation sites is 1. The number of benzene rings is 2. The van der Waals surface area contributed by atoms with Crippen molar-refractivity contribution < 1.29 is 13.2 Å². The molecule has 0 aliphatic rings. The summed E-state index contributed by atoms with van der Waals surface area (Å²) in [5, 5.41) is 0.463. The maximum Gasteiger partial charge on any atom is 0.249 e. The molecular weight excluding hydrogens is 404 g/mol. The van der Waals surface area contributed by atoms with Crippen LogP contribution in [0.4, 0.5) is 0 Å². The van der Waals surface area contributed by atoms with Crippen LogP contribution in [0, 0.1) is 0 Å². The molecule has 0 unspecified atom stereocenters. The van der Waals surface area contributed by atoms with E-state index in [-0.39, 0.29) is 17.1 Å². The van der Waals surface area contributed by atoms with Crippen LogP contribution in [0.15, 0.2) is 58.4 Å². The Morgan fingerprint density at radius 2 is 1.85 bits per heavy atom. The summed E-state index contributed by atoms with van der Waals surface area (Å²) in [6.45, 7) is 2.81. The van der Waals surface area contributed by atoms with Crippen molar-refractivity contribution in [1.82, 2.24) is 4.57 Å². The van der Waals surface area contributed by atoms with E-state index in [0.717, 1.165) is 23.2 Å². The number of hydrogen-bond acceptors (Lipinski definition) is 4. The van der Waals surface area contributed by atoms with Gasteiger partial charge in [0.2, 0.25) is 5.91 Å². The van der Waals surface area contributed by atoms with E-state index in [1.54, 1.807) is 0 Å². The highest BCUT2D eigenvalue weighted by molar-refractivity contribution is 7.91. The predicted octanol–water partition coefficient (Wildman–Crippen LogP) is 4.06. The summed E-state index contributed by atoms with van der Waals surface area (Å²) in [7, 11) is -3.55. The molecule has 1 heterocycles. The van der Waals surface area contributed by atoms with Crippen molar-refractivity contribution in [1.29, 1.82) is 0 Å². The van der Waals surface area contributed by atoms with Gasteiger partial charge in [0, 0.05) is 18.0 Å². The van der Waals surface area contributed by atoms with E-state index < -0.39 is 15.7 Å². The number of aryl methyl sites for hydroxylation is 1. The normalized spacial score (nSPS) is 12.6. The molecule has 0 bridgehead atoms. The molecule has 5 nitrogen and oxygen atoms in total. The van der Waals surface area contributed by atoms with Crippen LogP contribution in [0.5, 0.6) is 0 Å². The second-order valence-electron chi connectivity index (χ2n) is 6.03. The number of carbonyl (C=O) groups excluding carboxylic acids is 1. The van der Waals surface area contributed by atoms with E-state index >= 15 is 0 Å². The number of fused-ring (bicyclic) bond motifs is 1. The lowest BCUT2D eigenvalue weighted by Crippen LogP contribution is -2.18. The molecule has 0 aliphatic carbocycles. The first-order valence-corrected chi connectivity index (χ1v) is 11.4. The van der Waals surface area contributed by atoms with E-state index in [1.807, 2.05) is 28.8 Å². The Hall–Kier alpha value is -1.96. The number of aromatic nitrogens is 1. The van der Waals surface area contributed by atoms with Gasteiger partial charge in [-0.15, -0.1) is 0 Å². The average Bonchev–Trinajstić information content (AvgIpc) is 2.98. The fourth-order valence-electron chi connectivity index (χ4n) is 2.69. The van der Waals surface area contributed by atoms with Gasteiger partial charge in [-0.2, -0.15) is 4.99 Å². The topological polar surface area (TPSA) is 68.5 Å². The van der Waals surface area contributed by atoms with E-state index in [1.165, 1.54) is 35.6 Å². The number of hydrogen-bond donors (Lipinski definition) is 0. The molecule has 2 aromatic carbocycles. The number of carbonyl (C=O) groups is 1. The standard InChI is InChI=1S/C19H19ClN2O3S2/c1-2-12-22-16-5-3-4-6-17(16)26-19(22)21-18(23)11-13-27(24,25)15-9-7-14(20)8-10-15/h3-10H,2,11-13H2,1H3. The Morgan fingerprint density at radius 3 is 2.56 bits per heavy atom. The zero-order valence-corrected chi connectivity index (χ0v) is 17.1. The molecule has 0 saturated carbocycles. The summed E-state index contributed by atoms with van der Waals surface area (Å²) in [5.74, 6) is -0.723. The van der Waals surface area contributed by atoms with Crippen molar-refractivity contribution in [3.63, 3.8) is 0 Å². The Labute approximate surface area is 166 Å². The third-order valence-corrected chi connectivity index (χ3v) is 7.06. The maximum atomic E-state index is 12.4. The van der Waals surface area contributed by atoms with Crippen LogP contribution < -0.4 is 4.80 Å². The lowest BCUT2D eigenvalue weighted by molar-refractivity contribution is -0.117. The quantitative estimate of drug-likeness (QED) is 0.601. The van der Waals surface area contributed by atoms with Gasteiger partial charge in [0.05, 0.1) is 20.9 Å². The maximum absolute atomic E-state index is 12.4. The molecule has 3 rings (SSSR count). The molecule has 8 heteroatoms. The summed E-state index contributed by atoms with van der Waals surface area (Å²) in [4.78, 5) is 17.3. The molecule has 0 aliphatic heterocycles. The highest BCUT2D eigenvalue weighted by Crippen LogP contribution is 2.18. The second kappa shape index (κ2) is 8.37. The van der Waals surface area contributed by atoms with Crippen LogP contribution in [0.1, 0.15) is 19.8 Å². The first kappa shape index (κ1) is 19.8. The first-order chi connectivity index (χ1) is 12.9. The van der Waals surface area contributed by atoms with Gasteiger partial charge in [0.25, 0.3) is 0 Å². The summed E-state index contributed by atoms with van der Waals surface area (Å²) < 4.78 is 27.8. The highest BCUT2D eigenvalue weighted by Gasteiger charge is 2.16. The van der Waals surface area contributed by atoms with E-state index in [2.05, 4.69) is 11.9 Å². The van der Waals surface area contributed by atoms with Crippen LogP contribution >= 0.6 is 22.9 Å². The van der Waals surface area contributed by atoms with Crippen molar-refractivity contribution in [2.24, 2.45) is 4.99 Å². The number of halogens is 1. The van der Waals surface area contributed by atoms with Gasteiger partial charge in [-0.1, -0.05) is 42.0 Å². The highest BCUT2D eigenvalue weighted by atomic mass is 35.5. The van der Waals surface area contributed by atoms with E-state index in [9.17, 15) is 13.2 Å². The predicted molar refractivity (Wildman–Crippen MR) is 109 cm³/mol. The smallest absolute Gasteiger partial charge is 0.249 e. The van der Waals surface area contributed by atoms with Crippen LogP contribution in [-0.4, -0.2) is 24.6 Å². The summed E-state index contributed by atoms with van der Waals surface area (Å²) >= 11 is 7.22. The van der Waals surface area contributed by atoms with Gasteiger partial charge in [-0.25, -0.2) is 8.42 Å². The van der Waals surface area contributed by atoms with Crippen LogP contribution in [0.3, 0.4) is 0 Å². The number of thiazole rings is 1. The molecule has 0 saturated heterocycles. The molecule has 0 fully saturated rings. The molecule has 1 amide bonds. The van der Waals surface area contributed by atoms with Crippen LogP contribution in [0.2, 0.25) is 5.02 Å². The number of nitrogens with zero attached hydrogens (tertiary/aromatic N) is 2. The van der Waals surface area contributed by atoms with Gasteiger partial charge >= 0.3 is 0 Å². The fraction of sp³-hybridized carbons (Fsp3) is 0.263. The minimum Gasteiger partial charge on any atom is -0.316 e. The Balaban J connectivity index is 1.82. The van der Waals surface area contributed by atoms with Crippen molar-refractivity contribution in [2.75, 3.05) is 5.75 Å². The van der Waals surface area contributed by atoms with Gasteiger partial charge in [0.15, 0.2) is 14.6 Å². The molecule has 0 atom stereocenters. The molecule has 27 heavy (non-hydrogen) atoms. The van der Waals surface area contributed by atoms with E-state index in [4.69, 9.17) is 11.6 Å². The molecular formula is C19H19ClN2O3S2. The monoisotopic (exact) mass is 422 g/mol. The fourth-order valence-corrected chi connectivity index (χ4v) is 5.12. The third kappa shape index (κ3) is 4.66. The number of amides is 1. The summed E-state index contributed by atoms with van der Waals surface area (Å²) in [6.07, 6.45) is 0.748. The van der Waals surface area contributed by atoms with Crippen molar-refractivity contribution >= 4 is 48.9 Å². The molecule has 0 radical (unpaired) electrons. The second-order valence-corrected chi connectivity index (χ2v) is 9.59. The minimum absolute atomic E-state index is 0.155. The Kier molecular flexibility index (Phi) is 6.14. The van der Waals surface area contributed by atoms with Gasteiger partial charge in [-0.3, -0.25) is 4.79 Å². The molecule has 1 aromatic heterocycles. The number of rotatable bonds is 6. The minimum atomic E-state index is -3.55. The third-order valence-electron chi connectivity index (χ3n) is 4.01. The van der Waals surface area contributed by atoms with Crippen LogP contribution in [0.25, 0.3) is 10.2 Å². The van der Waals surface area contributed by atoms with Crippen molar-refractivity contribution in [3.05, 3.63) is 58.4 Å². The summed E-state index contributed by atoms with van der Waals surface area (Å²) in [6, 6.07) is 13.8. The van der Waals surface area contributed by atoms with Crippen LogP contribution in [-0.2, 0) is 21.2 Å². The van der Waals surface area contributed by atoms with Gasteiger partial charge in [-0.05, 0) is 42.8 Å². The zero-order chi connectivity index (χ0) is 19.4. The Morgan fingerprint density at radius 1 is 1.15 bits per heavy atom. The Bertz CT molecular complexity index is 1130. The largest absolute Gasteiger partial charge is 0.316 e. The van der Waals surface area contributed by atoms with Crippen molar-refractivity contribution in [3.8, 4) is 0 Å².